The topological polar surface area (TPSA) is 24.5 Å². The minimum Gasteiger partial charge on any atom is -0.496 e. The Morgan fingerprint density at radius 3 is 2.85 bits per heavy atom. The van der Waals surface area contributed by atoms with Gasteiger partial charge in [-0.2, -0.15) is 0 Å². The first-order chi connectivity index (χ1) is 9.63. The fraction of sp³-hybridized carbons (Fsp3) is 0.647. The molecule has 0 bridgehead atoms. The Bertz CT molecular complexity index is 433. The minimum atomic E-state index is 0.391. The SMILES string of the molecule is CCNC(C)c1ccc(OC)c(CN2CCC(C)C2)c1. The van der Waals surface area contributed by atoms with E-state index in [0.29, 0.717) is 6.04 Å². The van der Waals surface area contributed by atoms with Gasteiger partial charge in [0.1, 0.15) is 5.75 Å². The highest BCUT2D eigenvalue weighted by Gasteiger charge is 2.20. The third kappa shape index (κ3) is 3.74. The lowest BCUT2D eigenvalue weighted by Gasteiger charge is -2.20. The van der Waals surface area contributed by atoms with Gasteiger partial charge in [0.05, 0.1) is 7.11 Å². The van der Waals surface area contributed by atoms with Crippen LogP contribution < -0.4 is 10.1 Å². The average molecular weight is 276 g/mol. The monoisotopic (exact) mass is 276 g/mol. The van der Waals surface area contributed by atoms with Crippen LogP contribution in [0.1, 0.15) is 44.4 Å². The number of nitrogens with zero attached hydrogens (tertiary/aromatic N) is 1. The predicted octanol–water partition coefficient (Wildman–Crippen LogP) is 3.21. The summed E-state index contributed by atoms with van der Waals surface area (Å²) in [6, 6.07) is 6.97. The number of benzene rings is 1. The van der Waals surface area contributed by atoms with Crippen molar-refractivity contribution in [2.75, 3.05) is 26.7 Å². The second kappa shape index (κ2) is 7.09. The standard InChI is InChI=1S/C17H28N2O/c1-5-18-14(3)15-6-7-17(20-4)16(10-15)12-19-9-8-13(2)11-19/h6-7,10,13-14,18H,5,8-9,11-12H2,1-4H3. The van der Waals surface area contributed by atoms with E-state index in [2.05, 4.69) is 49.2 Å². The molecule has 0 spiro atoms. The summed E-state index contributed by atoms with van der Waals surface area (Å²) in [4.78, 5) is 2.53. The van der Waals surface area contributed by atoms with Crippen molar-refractivity contribution in [2.45, 2.75) is 39.8 Å². The number of nitrogens with one attached hydrogen (secondary N) is 1. The van der Waals surface area contributed by atoms with Crippen LogP contribution >= 0.6 is 0 Å². The van der Waals surface area contributed by atoms with Gasteiger partial charge in [0, 0.05) is 24.7 Å². The van der Waals surface area contributed by atoms with Gasteiger partial charge in [-0.1, -0.05) is 19.9 Å². The maximum Gasteiger partial charge on any atom is 0.123 e. The lowest BCUT2D eigenvalue weighted by Crippen LogP contribution is -2.21. The van der Waals surface area contributed by atoms with Crippen LogP contribution in [-0.4, -0.2) is 31.6 Å². The fourth-order valence-electron chi connectivity index (χ4n) is 3.03. The van der Waals surface area contributed by atoms with Crippen LogP contribution in [-0.2, 0) is 6.54 Å². The molecular weight excluding hydrogens is 248 g/mol. The van der Waals surface area contributed by atoms with Crippen molar-refractivity contribution >= 4 is 0 Å². The van der Waals surface area contributed by atoms with E-state index >= 15 is 0 Å². The molecule has 3 nitrogen and oxygen atoms in total. The van der Waals surface area contributed by atoms with E-state index in [4.69, 9.17) is 4.74 Å². The van der Waals surface area contributed by atoms with Gasteiger partial charge in [0.15, 0.2) is 0 Å². The molecule has 1 heterocycles. The smallest absolute Gasteiger partial charge is 0.123 e. The van der Waals surface area contributed by atoms with Crippen molar-refractivity contribution in [3.05, 3.63) is 29.3 Å². The van der Waals surface area contributed by atoms with Gasteiger partial charge in [0.2, 0.25) is 0 Å². The van der Waals surface area contributed by atoms with Crippen molar-refractivity contribution in [2.24, 2.45) is 5.92 Å². The Kier molecular flexibility index (Phi) is 5.44. The van der Waals surface area contributed by atoms with E-state index < -0.39 is 0 Å². The molecule has 0 amide bonds. The highest BCUT2D eigenvalue weighted by molar-refractivity contribution is 5.38. The van der Waals surface area contributed by atoms with Gasteiger partial charge in [0.25, 0.3) is 0 Å². The Labute approximate surface area is 123 Å². The first-order valence-electron chi connectivity index (χ1n) is 7.76. The largest absolute Gasteiger partial charge is 0.496 e. The molecular formula is C17H28N2O. The van der Waals surface area contributed by atoms with E-state index in [-0.39, 0.29) is 0 Å². The number of ether oxygens (including phenoxy) is 1. The first-order valence-corrected chi connectivity index (χ1v) is 7.76. The van der Waals surface area contributed by atoms with Crippen molar-refractivity contribution in [1.29, 1.82) is 0 Å². The third-order valence-electron chi connectivity index (χ3n) is 4.22. The van der Waals surface area contributed by atoms with Crippen LogP contribution in [0.4, 0.5) is 0 Å². The minimum absolute atomic E-state index is 0.391. The highest BCUT2D eigenvalue weighted by atomic mass is 16.5. The van der Waals surface area contributed by atoms with Crippen LogP contribution in [0, 0.1) is 5.92 Å². The molecule has 1 saturated heterocycles. The quantitative estimate of drug-likeness (QED) is 0.863. The second-order valence-electron chi connectivity index (χ2n) is 5.98. The van der Waals surface area contributed by atoms with Crippen molar-refractivity contribution in [3.63, 3.8) is 0 Å². The molecule has 2 atom stereocenters. The molecule has 1 aliphatic rings. The first kappa shape index (κ1) is 15.3. The maximum absolute atomic E-state index is 5.53. The van der Waals surface area contributed by atoms with Crippen molar-refractivity contribution < 1.29 is 4.74 Å². The van der Waals surface area contributed by atoms with Crippen molar-refractivity contribution in [3.8, 4) is 5.75 Å². The van der Waals surface area contributed by atoms with E-state index in [1.54, 1.807) is 7.11 Å². The lowest BCUT2D eigenvalue weighted by molar-refractivity contribution is 0.311. The number of rotatable bonds is 6. The van der Waals surface area contributed by atoms with E-state index in [1.807, 2.05) is 0 Å². The van der Waals surface area contributed by atoms with E-state index in [0.717, 1.165) is 24.8 Å². The lowest BCUT2D eigenvalue weighted by atomic mass is 10.0. The van der Waals surface area contributed by atoms with Gasteiger partial charge < -0.3 is 10.1 Å². The van der Waals surface area contributed by atoms with Gasteiger partial charge in [-0.15, -0.1) is 0 Å². The van der Waals surface area contributed by atoms with Crippen LogP contribution in [0.2, 0.25) is 0 Å². The summed E-state index contributed by atoms with van der Waals surface area (Å²) in [5.41, 5.74) is 2.65. The normalized spacial score (nSPS) is 21.1. The average Bonchev–Trinajstić information content (AvgIpc) is 2.84. The molecule has 1 N–H and O–H groups in total. The maximum atomic E-state index is 5.53. The Hall–Kier alpha value is -1.06. The number of methoxy groups -OCH3 is 1. The molecule has 1 fully saturated rings. The fourth-order valence-corrected chi connectivity index (χ4v) is 3.03. The summed E-state index contributed by atoms with van der Waals surface area (Å²) in [6.07, 6.45) is 1.32. The molecule has 0 radical (unpaired) electrons. The number of likely N-dealkylation sites (tertiary alicyclic amines) is 1. The van der Waals surface area contributed by atoms with Gasteiger partial charge >= 0.3 is 0 Å². The molecule has 0 aromatic heterocycles. The van der Waals surface area contributed by atoms with Crippen LogP contribution in [0.3, 0.4) is 0 Å². The van der Waals surface area contributed by atoms with E-state index in [1.165, 1.54) is 30.6 Å². The zero-order valence-electron chi connectivity index (χ0n) is 13.3. The Morgan fingerprint density at radius 1 is 1.45 bits per heavy atom. The van der Waals surface area contributed by atoms with Gasteiger partial charge in [-0.05, 0) is 50.0 Å². The molecule has 0 aliphatic carbocycles. The summed E-state index contributed by atoms with van der Waals surface area (Å²) >= 11 is 0. The number of hydrogen-bond donors (Lipinski definition) is 1. The molecule has 1 aromatic carbocycles. The highest BCUT2D eigenvalue weighted by Crippen LogP contribution is 2.26. The van der Waals surface area contributed by atoms with Gasteiger partial charge in [-0.25, -0.2) is 0 Å². The summed E-state index contributed by atoms with van der Waals surface area (Å²) in [5, 5.41) is 3.47. The molecule has 2 unspecified atom stereocenters. The molecule has 20 heavy (non-hydrogen) atoms. The Balaban J connectivity index is 2.14. The predicted molar refractivity (Wildman–Crippen MR) is 84.1 cm³/mol. The van der Waals surface area contributed by atoms with Crippen LogP contribution in [0.5, 0.6) is 5.75 Å². The summed E-state index contributed by atoms with van der Waals surface area (Å²) in [7, 11) is 1.76. The molecule has 1 aliphatic heterocycles. The number of hydrogen-bond acceptors (Lipinski definition) is 3. The van der Waals surface area contributed by atoms with E-state index in [9.17, 15) is 0 Å². The zero-order valence-corrected chi connectivity index (χ0v) is 13.3. The van der Waals surface area contributed by atoms with Gasteiger partial charge in [-0.3, -0.25) is 4.90 Å². The molecule has 1 aromatic rings. The van der Waals surface area contributed by atoms with Crippen LogP contribution in [0.15, 0.2) is 18.2 Å². The summed E-state index contributed by atoms with van der Waals surface area (Å²) < 4.78 is 5.53. The Morgan fingerprint density at radius 2 is 2.25 bits per heavy atom. The molecule has 0 saturated carbocycles. The van der Waals surface area contributed by atoms with Crippen LogP contribution in [0.25, 0.3) is 0 Å². The summed E-state index contributed by atoms with van der Waals surface area (Å²) in [5.74, 6) is 1.84. The third-order valence-corrected chi connectivity index (χ3v) is 4.22. The molecule has 3 heteroatoms. The molecule has 2 rings (SSSR count). The second-order valence-corrected chi connectivity index (χ2v) is 5.98. The zero-order chi connectivity index (χ0) is 14.5. The molecule has 112 valence electrons. The summed E-state index contributed by atoms with van der Waals surface area (Å²) in [6.45, 7) is 11.1. The van der Waals surface area contributed by atoms with Crippen molar-refractivity contribution in [1.82, 2.24) is 10.2 Å².